The number of aliphatic hydroxyl groups excluding tert-OH is 1. The van der Waals surface area contributed by atoms with Crippen molar-refractivity contribution in [2.24, 2.45) is 5.92 Å². The highest BCUT2D eigenvalue weighted by atomic mass is 16.6. The number of aliphatic hydroxyl groups is 1. The number of amides is 1. The fourth-order valence-corrected chi connectivity index (χ4v) is 4.61. The topological polar surface area (TPSA) is 135 Å². The van der Waals surface area contributed by atoms with Gasteiger partial charge in [0.2, 0.25) is 0 Å². The molecule has 0 radical (unpaired) electrons. The first-order valence-electron chi connectivity index (χ1n) is 13.6. The van der Waals surface area contributed by atoms with Crippen LogP contribution < -0.4 is 5.32 Å². The summed E-state index contributed by atoms with van der Waals surface area (Å²) < 4.78 is 11.1. The van der Waals surface area contributed by atoms with Crippen molar-refractivity contribution < 1.29 is 33.6 Å². The van der Waals surface area contributed by atoms with Crippen molar-refractivity contribution in [2.75, 3.05) is 7.05 Å². The summed E-state index contributed by atoms with van der Waals surface area (Å²) in [5, 5.41) is 13.1. The van der Waals surface area contributed by atoms with Gasteiger partial charge in [-0.1, -0.05) is 50.2 Å². The molecule has 1 aliphatic rings. The largest absolute Gasteiger partial charge is 0.602 e. The zero-order valence-electron chi connectivity index (χ0n) is 23.9. The number of aromatic nitrogens is 1. The fourth-order valence-electron chi connectivity index (χ4n) is 4.61. The third kappa shape index (κ3) is 7.76. The van der Waals surface area contributed by atoms with Gasteiger partial charge in [-0.25, -0.2) is 4.98 Å². The van der Waals surface area contributed by atoms with Crippen molar-refractivity contribution in [3.8, 4) is 11.3 Å². The maximum atomic E-state index is 13.5. The Kier molecular flexibility index (Phi) is 10.6. The van der Waals surface area contributed by atoms with E-state index < -0.39 is 60.8 Å². The minimum Gasteiger partial charge on any atom is -0.498 e. The molecule has 0 aliphatic carbocycles. The summed E-state index contributed by atoms with van der Waals surface area (Å²) in [5.74, 6) is -2.85. The average molecular weight is 551 g/mol. The van der Waals surface area contributed by atoms with Crippen LogP contribution in [-0.4, -0.2) is 77.0 Å². The van der Waals surface area contributed by atoms with Crippen molar-refractivity contribution in [2.45, 2.75) is 77.5 Å². The zero-order chi connectivity index (χ0) is 29.6. The van der Waals surface area contributed by atoms with Gasteiger partial charge in [0.15, 0.2) is 5.78 Å². The van der Waals surface area contributed by atoms with Gasteiger partial charge < -0.3 is 19.7 Å². The summed E-state index contributed by atoms with van der Waals surface area (Å²) in [6.07, 6.45) is -1.02. The molecule has 1 aromatic carbocycles. The molecule has 214 valence electrons. The van der Waals surface area contributed by atoms with E-state index in [9.17, 15) is 24.3 Å². The molecule has 2 heterocycles. The lowest BCUT2D eigenvalue weighted by Gasteiger charge is -2.34. The number of benzene rings is 1. The minimum absolute atomic E-state index is 0.0719. The van der Waals surface area contributed by atoms with Crippen LogP contribution in [0.1, 0.15) is 57.9 Å². The number of rotatable bonds is 10. The smallest absolute Gasteiger partial charge is 0.498 e. The van der Waals surface area contributed by atoms with Crippen molar-refractivity contribution in [3.05, 3.63) is 54.2 Å². The van der Waals surface area contributed by atoms with Gasteiger partial charge in [0.05, 0.1) is 11.8 Å². The molecule has 0 saturated carbocycles. The van der Waals surface area contributed by atoms with E-state index in [4.69, 9.17) is 9.31 Å². The molecule has 3 rings (SSSR count). The number of pyridine rings is 1. The zero-order valence-corrected chi connectivity index (χ0v) is 23.9. The molecular formula is C29H38BN3O7. The first kappa shape index (κ1) is 31.0. The van der Waals surface area contributed by atoms with Gasteiger partial charge in [-0.05, 0) is 52.3 Å². The Morgan fingerprint density at radius 1 is 1.00 bits per heavy atom. The number of carbonyl (C=O) groups excluding carboxylic acids is 4. The Morgan fingerprint density at radius 2 is 1.60 bits per heavy atom. The maximum absolute atomic E-state index is 13.5. The summed E-state index contributed by atoms with van der Waals surface area (Å²) in [5.41, 5.74) is 1.51. The van der Waals surface area contributed by atoms with Gasteiger partial charge in [-0.3, -0.25) is 24.1 Å². The highest BCUT2D eigenvalue weighted by Crippen LogP contribution is 2.29. The lowest BCUT2D eigenvalue weighted by Crippen LogP contribution is -2.53. The first-order valence-corrected chi connectivity index (χ1v) is 13.6. The highest BCUT2D eigenvalue weighted by molar-refractivity contribution is 6.51. The summed E-state index contributed by atoms with van der Waals surface area (Å²) >= 11 is 0. The second-order valence-electron chi connectivity index (χ2n) is 10.8. The second-order valence-corrected chi connectivity index (χ2v) is 10.8. The van der Waals surface area contributed by atoms with Crippen LogP contribution in [0.3, 0.4) is 0 Å². The number of likely N-dealkylation sites (N-methyl/N-ethyl adjacent to an activating group) is 1. The van der Waals surface area contributed by atoms with Crippen LogP contribution in [0.25, 0.3) is 11.3 Å². The third-order valence-electron chi connectivity index (χ3n) is 7.16. The van der Waals surface area contributed by atoms with Crippen molar-refractivity contribution in [1.29, 1.82) is 0 Å². The second kappa shape index (κ2) is 13.7. The molecule has 1 aromatic heterocycles. The molecule has 1 amide bonds. The minimum atomic E-state index is -1.28. The number of ketones is 1. The normalized spacial score (nSPS) is 20.6. The first-order chi connectivity index (χ1) is 18.9. The van der Waals surface area contributed by atoms with Gasteiger partial charge in [-0.2, -0.15) is 0 Å². The predicted octanol–water partition coefficient (Wildman–Crippen LogP) is 2.90. The quantitative estimate of drug-likeness (QED) is 0.428. The Balaban J connectivity index is 1.80. The van der Waals surface area contributed by atoms with Crippen molar-refractivity contribution in [3.63, 3.8) is 0 Å². The summed E-state index contributed by atoms with van der Waals surface area (Å²) in [6, 6.07) is 11.7. The molecule has 1 saturated heterocycles. The van der Waals surface area contributed by atoms with Crippen molar-refractivity contribution >= 4 is 30.7 Å². The molecule has 2 aromatic rings. The number of Topliss-reactive ketones (excluding diaryl/α,β-unsaturated/α-hetero) is 1. The number of hydrogen-bond donors (Lipinski definition) is 2. The maximum Gasteiger partial charge on any atom is 0.602 e. The lowest BCUT2D eigenvalue weighted by atomic mass is 9.64. The van der Waals surface area contributed by atoms with E-state index in [2.05, 4.69) is 10.3 Å². The van der Waals surface area contributed by atoms with Gasteiger partial charge in [0.25, 0.3) is 5.91 Å². The summed E-state index contributed by atoms with van der Waals surface area (Å²) in [4.78, 5) is 58.1. The van der Waals surface area contributed by atoms with Crippen LogP contribution in [0.15, 0.2) is 48.5 Å². The number of nitrogens with one attached hydrogen (secondary N) is 1. The summed E-state index contributed by atoms with van der Waals surface area (Å²) in [6.45, 7) is 8.54. The monoisotopic (exact) mass is 551 g/mol. The fraction of sp³-hybridized carbons (Fsp3) is 0.483. The van der Waals surface area contributed by atoms with E-state index in [-0.39, 0.29) is 18.0 Å². The van der Waals surface area contributed by atoms with E-state index >= 15 is 0 Å². The molecule has 1 aliphatic heterocycles. The average Bonchev–Trinajstić information content (AvgIpc) is 2.93. The van der Waals surface area contributed by atoms with E-state index in [0.29, 0.717) is 12.1 Å². The molecule has 5 atom stereocenters. The number of carbonyl (C=O) groups is 4. The highest BCUT2D eigenvalue weighted by Gasteiger charge is 2.45. The van der Waals surface area contributed by atoms with Crippen molar-refractivity contribution in [1.82, 2.24) is 15.2 Å². The van der Waals surface area contributed by atoms with Crippen LogP contribution in [-0.2, 0) is 23.7 Å². The van der Waals surface area contributed by atoms with E-state index in [0.717, 1.165) is 5.56 Å². The SMILES string of the molecule is CC(C)C[C@H](CC(=O)[C@@H](NC(=O)c1cccc(-c2ccccc2)n1)[C@@H](C)O)B1OC(=O)[C@@H](C)N(C)[C@@H](C)C(=O)O1. The lowest BCUT2D eigenvalue weighted by molar-refractivity contribution is -0.153. The standard InChI is InChI=1S/C29H38BN3O7/c1-17(2)15-22(30-39-28(37)18(3)33(6)19(4)29(38)40-30)16-25(35)26(20(5)34)32-27(36)24-14-10-13-23(31-24)21-11-8-7-9-12-21/h7-14,17-20,22,26,34H,15-16H2,1-6H3,(H,32,36)/t18-,19+,20-,22-,26+/m1/s1. The molecule has 2 N–H and O–H groups in total. The number of nitrogens with zero attached hydrogens (tertiary/aromatic N) is 2. The molecule has 1 fully saturated rings. The molecule has 11 heteroatoms. The van der Waals surface area contributed by atoms with Gasteiger partial charge in [-0.15, -0.1) is 0 Å². The van der Waals surface area contributed by atoms with E-state index in [1.54, 1.807) is 37.9 Å². The van der Waals surface area contributed by atoms with Gasteiger partial charge in [0.1, 0.15) is 23.8 Å². The Morgan fingerprint density at radius 3 is 2.15 bits per heavy atom. The molecule has 10 nitrogen and oxygen atoms in total. The Bertz CT molecular complexity index is 1180. The predicted molar refractivity (Wildman–Crippen MR) is 150 cm³/mol. The van der Waals surface area contributed by atoms with Gasteiger partial charge in [0, 0.05) is 17.8 Å². The number of hydrogen-bond acceptors (Lipinski definition) is 9. The molecule has 0 unspecified atom stereocenters. The Hall–Kier alpha value is -3.57. The van der Waals surface area contributed by atoms with Crippen LogP contribution in [0.2, 0.25) is 5.82 Å². The molecule has 0 bridgehead atoms. The molecular weight excluding hydrogens is 513 g/mol. The van der Waals surface area contributed by atoms with Gasteiger partial charge >= 0.3 is 19.1 Å². The molecule has 40 heavy (non-hydrogen) atoms. The van der Waals surface area contributed by atoms with E-state index in [1.807, 2.05) is 44.2 Å². The van der Waals surface area contributed by atoms with E-state index in [1.165, 1.54) is 13.0 Å². The summed E-state index contributed by atoms with van der Waals surface area (Å²) in [7, 11) is 0.354. The third-order valence-corrected chi connectivity index (χ3v) is 7.16. The van der Waals surface area contributed by atoms with Crippen LogP contribution in [0, 0.1) is 5.92 Å². The van der Waals surface area contributed by atoms with Crippen LogP contribution in [0.5, 0.6) is 0 Å². The Labute approximate surface area is 235 Å². The van der Waals surface area contributed by atoms with Crippen LogP contribution in [0.4, 0.5) is 0 Å². The molecule has 0 spiro atoms. The van der Waals surface area contributed by atoms with Crippen LogP contribution >= 0.6 is 0 Å².